The number of benzene rings is 3. The van der Waals surface area contributed by atoms with Gasteiger partial charge in [-0.1, -0.05) is 12.1 Å². The molecule has 3 aromatic carbocycles. The molecule has 1 N–H and O–H groups in total. The Morgan fingerprint density at radius 3 is 2.47 bits per heavy atom. The molecule has 0 saturated carbocycles. The molecule has 0 fully saturated rings. The SMILES string of the molecule is COc1ccc2nc(-c3ccc(NC(=O)c4ccccc4C(F)(F)F)cc3)sc2c1. The molecule has 4 aromatic rings. The highest BCUT2D eigenvalue weighted by Gasteiger charge is 2.34. The lowest BCUT2D eigenvalue weighted by atomic mass is 10.1. The largest absolute Gasteiger partial charge is 0.497 e. The summed E-state index contributed by atoms with van der Waals surface area (Å²) in [5.41, 5.74) is 0.683. The minimum Gasteiger partial charge on any atom is -0.497 e. The van der Waals surface area contributed by atoms with E-state index >= 15 is 0 Å². The number of carbonyl (C=O) groups excluding carboxylic acids is 1. The highest BCUT2D eigenvalue weighted by Crippen LogP contribution is 2.34. The number of hydrogen-bond acceptors (Lipinski definition) is 4. The zero-order valence-corrected chi connectivity index (χ0v) is 16.5. The van der Waals surface area contributed by atoms with Crippen molar-refractivity contribution in [3.8, 4) is 16.3 Å². The molecule has 0 bridgehead atoms. The van der Waals surface area contributed by atoms with Crippen LogP contribution in [0.4, 0.5) is 18.9 Å². The zero-order valence-electron chi connectivity index (χ0n) is 15.7. The van der Waals surface area contributed by atoms with Gasteiger partial charge >= 0.3 is 6.18 Å². The summed E-state index contributed by atoms with van der Waals surface area (Å²) >= 11 is 1.50. The number of carbonyl (C=O) groups is 1. The van der Waals surface area contributed by atoms with E-state index < -0.39 is 23.2 Å². The topological polar surface area (TPSA) is 51.2 Å². The number of thiazole rings is 1. The van der Waals surface area contributed by atoms with Crippen LogP contribution < -0.4 is 10.1 Å². The molecule has 152 valence electrons. The third-order valence-corrected chi connectivity index (χ3v) is 5.53. The number of halogens is 3. The quantitative estimate of drug-likeness (QED) is 0.418. The van der Waals surface area contributed by atoms with Crippen LogP contribution in [0, 0.1) is 0 Å². The number of aromatic nitrogens is 1. The summed E-state index contributed by atoms with van der Waals surface area (Å²) in [5.74, 6) is -0.0716. The molecule has 0 atom stereocenters. The Bertz CT molecular complexity index is 1220. The maximum absolute atomic E-state index is 13.1. The number of rotatable bonds is 4. The monoisotopic (exact) mass is 428 g/mol. The van der Waals surface area contributed by atoms with Gasteiger partial charge in [0.2, 0.25) is 0 Å². The Balaban J connectivity index is 1.55. The first-order valence-electron chi connectivity index (χ1n) is 8.88. The van der Waals surface area contributed by atoms with Gasteiger partial charge < -0.3 is 10.1 Å². The van der Waals surface area contributed by atoms with Crippen LogP contribution >= 0.6 is 11.3 Å². The van der Waals surface area contributed by atoms with Crippen LogP contribution in [0.3, 0.4) is 0 Å². The van der Waals surface area contributed by atoms with Crippen LogP contribution in [0.2, 0.25) is 0 Å². The summed E-state index contributed by atoms with van der Waals surface area (Å²) in [5, 5.41) is 3.31. The van der Waals surface area contributed by atoms with Crippen LogP contribution in [0.1, 0.15) is 15.9 Å². The fourth-order valence-corrected chi connectivity index (χ4v) is 3.98. The number of fused-ring (bicyclic) bond motifs is 1. The fourth-order valence-electron chi connectivity index (χ4n) is 2.98. The van der Waals surface area contributed by atoms with E-state index in [9.17, 15) is 18.0 Å². The van der Waals surface area contributed by atoms with E-state index in [1.165, 1.54) is 23.5 Å². The summed E-state index contributed by atoms with van der Waals surface area (Å²) in [6.07, 6.45) is -4.60. The normalized spacial score (nSPS) is 11.5. The molecular weight excluding hydrogens is 413 g/mol. The average Bonchev–Trinajstić information content (AvgIpc) is 3.17. The standard InChI is InChI=1S/C22H15F3N2O2S/c1-29-15-10-11-18-19(12-15)30-21(27-18)13-6-8-14(9-7-13)26-20(28)16-4-2-3-5-17(16)22(23,24)25/h2-12H,1H3,(H,26,28). The number of amides is 1. The molecule has 30 heavy (non-hydrogen) atoms. The third kappa shape index (κ3) is 3.99. The average molecular weight is 428 g/mol. The number of methoxy groups -OCH3 is 1. The lowest BCUT2D eigenvalue weighted by molar-refractivity contribution is -0.137. The van der Waals surface area contributed by atoms with Gasteiger partial charge in [0.1, 0.15) is 10.8 Å². The van der Waals surface area contributed by atoms with Crippen molar-refractivity contribution in [1.29, 1.82) is 0 Å². The van der Waals surface area contributed by atoms with E-state index in [1.54, 1.807) is 31.4 Å². The Hall–Kier alpha value is -3.39. The molecule has 8 heteroatoms. The second kappa shape index (κ2) is 7.79. The number of anilines is 1. The summed E-state index contributed by atoms with van der Waals surface area (Å²) < 4.78 is 45.6. The number of ether oxygens (including phenoxy) is 1. The van der Waals surface area contributed by atoms with Crippen molar-refractivity contribution in [2.24, 2.45) is 0 Å². The van der Waals surface area contributed by atoms with E-state index in [-0.39, 0.29) is 0 Å². The van der Waals surface area contributed by atoms with E-state index in [4.69, 9.17) is 4.74 Å². The first kappa shape index (κ1) is 19.9. The smallest absolute Gasteiger partial charge is 0.417 e. The Labute approximate surface area is 174 Å². The zero-order chi connectivity index (χ0) is 21.3. The molecule has 4 rings (SSSR count). The Morgan fingerprint density at radius 1 is 1.03 bits per heavy atom. The molecule has 4 nitrogen and oxygen atoms in total. The lowest BCUT2D eigenvalue weighted by Gasteiger charge is -2.12. The molecule has 0 aliphatic heterocycles. The van der Waals surface area contributed by atoms with Crippen molar-refractivity contribution >= 4 is 33.1 Å². The molecule has 0 aliphatic carbocycles. The van der Waals surface area contributed by atoms with E-state index in [2.05, 4.69) is 10.3 Å². The van der Waals surface area contributed by atoms with Gasteiger partial charge in [-0.15, -0.1) is 11.3 Å². The molecule has 0 spiro atoms. The summed E-state index contributed by atoms with van der Waals surface area (Å²) in [7, 11) is 1.60. The van der Waals surface area contributed by atoms with Crippen molar-refractivity contribution in [2.75, 3.05) is 12.4 Å². The molecular formula is C22H15F3N2O2S. The van der Waals surface area contributed by atoms with Gasteiger partial charge in [0.15, 0.2) is 0 Å². The minimum atomic E-state index is -4.60. The lowest BCUT2D eigenvalue weighted by Crippen LogP contribution is -2.18. The van der Waals surface area contributed by atoms with Crippen molar-refractivity contribution in [3.63, 3.8) is 0 Å². The first-order valence-corrected chi connectivity index (χ1v) is 9.69. The fraction of sp³-hybridized carbons (Fsp3) is 0.0909. The van der Waals surface area contributed by atoms with Crippen LogP contribution in [0.25, 0.3) is 20.8 Å². The van der Waals surface area contributed by atoms with Crippen molar-refractivity contribution < 1.29 is 22.7 Å². The predicted molar refractivity (Wildman–Crippen MR) is 111 cm³/mol. The maximum atomic E-state index is 13.1. The van der Waals surface area contributed by atoms with Gasteiger partial charge in [0.05, 0.1) is 28.5 Å². The summed E-state index contributed by atoms with van der Waals surface area (Å²) in [4.78, 5) is 17.0. The minimum absolute atomic E-state index is 0.392. The second-order valence-electron chi connectivity index (χ2n) is 6.43. The highest BCUT2D eigenvalue weighted by molar-refractivity contribution is 7.21. The predicted octanol–water partition coefficient (Wildman–Crippen LogP) is 6.24. The van der Waals surface area contributed by atoms with E-state index in [0.29, 0.717) is 5.69 Å². The van der Waals surface area contributed by atoms with Crippen LogP contribution in [-0.4, -0.2) is 18.0 Å². The maximum Gasteiger partial charge on any atom is 0.417 e. The van der Waals surface area contributed by atoms with Gasteiger partial charge in [-0.2, -0.15) is 13.2 Å². The molecule has 0 radical (unpaired) electrons. The van der Waals surface area contributed by atoms with Crippen LogP contribution in [-0.2, 0) is 6.18 Å². The molecule has 0 saturated heterocycles. The number of nitrogens with zero attached hydrogens (tertiary/aromatic N) is 1. The van der Waals surface area contributed by atoms with Crippen LogP contribution in [0.15, 0.2) is 66.7 Å². The van der Waals surface area contributed by atoms with Gasteiger partial charge in [0, 0.05) is 11.3 Å². The highest BCUT2D eigenvalue weighted by atomic mass is 32.1. The molecule has 0 unspecified atom stereocenters. The van der Waals surface area contributed by atoms with Crippen molar-refractivity contribution in [1.82, 2.24) is 4.98 Å². The molecule has 1 amide bonds. The summed E-state index contributed by atoms with van der Waals surface area (Å²) in [6.45, 7) is 0. The Morgan fingerprint density at radius 2 is 1.77 bits per heavy atom. The Kier molecular flexibility index (Phi) is 5.17. The number of nitrogens with one attached hydrogen (secondary N) is 1. The van der Waals surface area contributed by atoms with Gasteiger partial charge in [-0.05, 0) is 54.6 Å². The first-order chi connectivity index (χ1) is 14.3. The van der Waals surface area contributed by atoms with Crippen molar-refractivity contribution in [3.05, 3.63) is 77.9 Å². The third-order valence-electron chi connectivity index (χ3n) is 4.46. The van der Waals surface area contributed by atoms with E-state index in [0.717, 1.165) is 38.7 Å². The van der Waals surface area contributed by atoms with Gasteiger partial charge in [-0.3, -0.25) is 4.79 Å². The number of hydrogen-bond donors (Lipinski definition) is 1. The van der Waals surface area contributed by atoms with Gasteiger partial charge in [-0.25, -0.2) is 4.98 Å². The molecule has 1 heterocycles. The van der Waals surface area contributed by atoms with Crippen LogP contribution in [0.5, 0.6) is 5.75 Å². The molecule has 1 aromatic heterocycles. The van der Waals surface area contributed by atoms with E-state index in [1.807, 2.05) is 18.2 Å². The second-order valence-corrected chi connectivity index (χ2v) is 7.46. The summed E-state index contributed by atoms with van der Waals surface area (Å²) in [6, 6.07) is 17.1. The van der Waals surface area contributed by atoms with Gasteiger partial charge in [0.25, 0.3) is 5.91 Å². The number of alkyl halides is 3. The molecule has 0 aliphatic rings. The van der Waals surface area contributed by atoms with Crippen molar-refractivity contribution in [2.45, 2.75) is 6.18 Å².